The van der Waals surface area contributed by atoms with Crippen LogP contribution in [0.15, 0.2) is 10.5 Å². The molecule has 10 heteroatoms. The van der Waals surface area contributed by atoms with Gasteiger partial charge < -0.3 is 18.0 Å². The number of diazo groups is 1. The molecule has 0 aromatic heterocycles. The molecule has 0 saturated carbocycles. The van der Waals surface area contributed by atoms with Crippen molar-refractivity contribution in [1.29, 1.82) is 5.39 Å². The van der Waals surface area contributed by atoms with Gasteiger partial charge in [0.05, 0.1) is 21.7 Å². The van der Waals surface area contributed by atoms with E-state index in [4.69, 9.17) is 33.6 Å². The highest BCUT2D eigenvalue weighted by atomic mass is 79.9. The largest absolute Gasteiger partial charge is 0.635 e. The molecule has 0 radical (unpaired) electrons. The monoisotopic (exact) mass is 350 g/mol. The summed E-state index contributed by atoms with van der Waals surface area (Å²) in [6.45, 7) is 1.78. The van der Waals surface area contributed by atoms with Gasteiger partial charge >= 0.3 is 12.9 Å². The normalized spacial score (nSPS) is 10.3. The zero-order valence-electron chi connectivity index (χ0n) is 8.26. The molecule has 94 valence electrons. The van der Waals surface area contributed by atoms with E-state index in [0.717, 1.165) is 5.56 Å². The standard InChI is InChI=1S/C7H4BrCl2N2.BF3HO/c1-3-5(12-11)2-4(9)7(10)6(3)8;2-1(3,4)5/h2H,1H3;5H/q+1;-1. The summed E-state index contributed by atoms with van der Waals surface area (Å²) in [5.41, 5.74) is 1.17. The molecule has 1 rings (SSSR count). The van der Waals surface area contributed by atoms with E-state index in [2.05, 4.69) is 20.9 Å². The van der Waals surface area contributed by atoms with Crippen LogP contribution in [0.25, 0.3) is 4.98 Å². The fraction of sp³-hybridized carbons (Fsp3) is 0.143. The predicted octanol–water partition coefficient (Wildman–Crippen LogP) is 4.87. The van der Waals surface area contributed by atoms with E-state index in [-0.39, 0.29) is 0 Å². The Morgan fingerprint density at radius 1 is 1.41 bits per heavy atom. The maximum atomic E-state index is 9.97. The predicted molar refractivity (Wildman–Crippen MR) is 64.9 cm³/mol. The smallest absolute Gasteiger partial charge is 0.523 e. The van der Waals surface area contributed by atoms with Crippen molar-refractivity contribution in [3.05, 3.63) is 31.1 Å². The average Bonchev–Trinajstić information content (AvgIpc) is 2.18. The minimum atomic E-state index is -5.50. The van der Waals surface area contributed by atoms with Crippen LogP contribution in [0.3, 0.4) is 0 Å². The fourth-order valence-electron chi connectivity index (χ4n) is 0.777. The van der Waals surface area contributed by atoms with E-state index in [1.165, 1.54) is 6.07 Å². The summed E-state index contributed by atoms with van der Waals surface area (Å²) in [5.74, 6) is 0. The number of hydrogen-bond donors (Lipinski definition) is 1. The lowest BCUT2D eigenvalue weighted by Crippen LogP contribution is -2.11. The van der Waals surface area contributed by atoms with Crippen LogP contribution in [0.4, 0.5) is 18.6 Å². The highest BCUT2D eigenvalue weighted by molar-refractivity contribution is 9.10. The van der Waals surface area contributed by atoms with Crippen LogP contribution in [-0.2, 0) is 0 Å². The first kappa shape index (κ1) is 16.5. The number of nitrogens with zero attached hydrogens (tertiary/aromatic N) is 2. The lowest BCUT2D eigenvalue weighted by molar-refractivity contribution is 0.284. The summed E-state index contributed by atoms with van der Waals surface area (Å²) in [6, 6.07) is 1.50. The minimum Gasteiger partial charge on any atom is -0.523 e. The summed E-state index contributed by atoms with van der Waals surface area (Å²) in [5, 5.41) is 15.9. The summed E-state index contributed by atoms with van der Waals surface area (Å²) in [4.78, 5) is 3.06. The van der Waals surface area contributed by atoms with Crippen LogP contribution in [0.1, 0.15) is 5.56 Å². The van der Waals surface area contributed by atoms with Gasteiger partial charge in [0.2, 0.25) is 5.39 Å². The molecule has 17 heavy (non-hydrogen) atoms. The lowest BCUT2D eigenvalue weighted by Gasteiger charge is -1.98. The second-order valence-corrected chi connectivity index (χ2v) is 4.35. The first-order valence-corrected chi connectivity index (χ1v) is 5.53. The molecule has 0 fully saturated rings. The van der Waals surface area contributed by atoms with Gasteiger partial charge in [-0.1, -0.05) is 23.2 Å². The Bertz CT molecular complexity index is 458. The van der Waals surface area contributed by atoms with Gasteiger partial charge in [0.1, 0.15) is 0 Å². The van der Waals surface area contributed by atoms with Gasteiger partial charge in [0.25, 0.3) is 0 Å². The van der Waals surface area contributed by atoms with Gasteiger partial charge in [0, 0.05) is 4.47 Å². The molecule has 0 bridgehead atoms. The topological polar surface area (TPSA) is 48.4 Å². The minimum absolute atomic E-state index is 0.363. The van der Waals surface area contributed by atoms with Crippen molar-refractivity contribution in [3.63, 3.8) is 0 Å². The molecule has 0 spiro atoms. The van der Waals surface area contributed by atoms with Crippen molar-refractivity contribution in [1.82, 2.24) is 0 Å². The molecule has 0 aliphatic rings. The molecule has 0 amide bonds. The van der Waals surface area contributed by atoms with E-state index in [1.807, 2.05) is 0 Å². The molecule has 3 nitrogen and oxygen atoms in total. The zero-order valence-corrected chi connectivity index (χ0v) is 11.4. The fourth-order valence-corrected chi connectivity index (χ4v) is 1.70. The Morgan fingerprint density at radius 2 is 1.82 bits per heavy atom. The van der Waals surface area contributed by atoms with E-state index in [0.29, 0.717) is 20.2 Å². The highest BCUT2D eigenvalue weighted by Gasteiger charge is 2.18. The zero-order chi connectivity index (χ0) is 13.8. The molecular weight excluding hydrogens is 347 g/mol. The van der Waals surface area contributed by atoms with Crippen molar-refractivity contribution in [2.75, 3.05) is 0 Å². The van der Waals surface area contributed by atoms with Crippen LogP contribution in [0, 0.1) is 12.3 Å². The summed E-state index contributed by atoms with van der Waals surface area (Å²) >= 11 is 14.8. The van der Waals surface area contributed by atoms with Crippen molar-refractivity contribution < 1.29 is 18.0 Å². The van der Waals surface area contributed by atoms with Crippen LogP contribution in [0.5, 0.6) is 0 Å². The van der Waals surface area contributed by atoms with Crippen molar-refractivity contribution in [3.8, 4) is 0 Å². The number of halogens is 6. The first-order valence-electron chi connectivity index (χ1n) is 3.98. The summed E-state index contributed by atoms with van der Waals surface area (Å²) in [6.07, 6.45) is 0. The summed E-state index contributed by atoms with van der Waals surface area (Å²) in [7, 11) is -5.50. The van der Waals surface area contributed by atoms with Crippen LogP contribution in [-0.4, -0.2) is 12.2 Å². The maximum Gasteiger partial charge on any atom is 0.635 e. The first-order chi connectivity index (χ1) is 7.57. The van der Waals surface area contributed by atoms with Crippen LogP contribution in [0.2, 0.25) is 10.0 Å². The third-order valence-corrected chi connectivity index (χ3v) is 3.49. The number of benzene rings is 1. The Balaban J connectivity index is 0.000000437. The van der Waals surface area contributed by atoms with E-state index >= 15 is 0 Å². The SMILES string of the molecule is Cc1c([N+]#N)cc(Cl)c(Cl)c1Br.O[B-](F)(F)F. The molecular formula is C7H5BBrCl2F3N2O. The Kier molecular flexibility index (Phi) is 6.26. The van der Waals surface area contributed by atoms with E-state index in [1.54, 1.807) is 6.92 Å². The lowest BCUT2D eigenvalue weighted by atomic mass is 10.2. The quantitative estimate of drug-likeness (QED) is 0.412. The molecule has 0 aliphatic heterocycles. The number of rotatable bonds is 0. The third-order valence-electron chi connectivity index (χ3n) is 1.49. The Labute approximate surface area is 113 Å². The number of hydrogen-bond acceptors (Lipinski definition) is 2. The van der Waals surface area contributed by atoms with Crippen LogP contribution >= 0.6 is 39.1 Å². The second kappa shape index (κ2) is 6.45. The molecule has 0 unspecified atom stereocenters. The molecule has 0 saturated heterocycles. The van der Waals surface area contributed by atoms with Gasteiger partial charge in [-0.2, -0.15) is 0 Å². The van der Waals surface area contributed by atoms with Gasteiger partial charge in [0.15, 0.2) is 4.98 Å². The highest BCUT2D eigenvalue weighted by Crippen LogP contribution is 2.38. The van der Waals surface area contributed by atoms with Crippen molar-refractivity contribution >= 4 is 52.0 Å². The second-order valence-electron chi connectivity index (χ2n) is 2.77. The Morgan fingerprint density at radius 3 is 2.18 bits per heavy atom. The van der Waals surface area contributed by atoms with Gasteiger partial charge in [-0.3, -0.25) is 0 Å². The molecule has 0 aliphatic carbocycles. The van der Waals surface area contributed by atoms with Gasteiger partial charge in [-0.15, -0.1) is 0 Å². The Hall–Kier alpha value is -0.485. The van der Waals surface area contributed by atoms with Gasteiger partial charge in [-0.25, -0.2) is 0 Å². The molecule has 1 aromatic carbocycles. The van der Waals surface area contributed by atoms with E-state index in [9.17, 15) is 12.9 Å². The van der Waals surface area contributed by atoms with Crippen LogP contribution < -0.4 is 0 Å². The maximum absolute atomic E-state index is 9.97. The van der Waals surface area contributed by atoms with Gasteiger partial charge in [-0.05, 0) is 22.9 Å². The molecule has 1 N–H and O–H groups in total. The molecule has 0 heterocycles. The van der Waals surface area contributed by atoms with Crippen molar-refractivity contribution in [2.45, 2.75) is 6.92 Å². The molecule has 0 atom stereocenters. The molecule has 1 aromatic rings. The van der Waals surface area contributed by atoms with Crippen molar-refractivity contribution in [2.24, 2.45) is 0 Å². The van der Waals surface area contributed by atoms with E-state index < -0.39 is 7.18 Å². The third kappa shape index (κ3) is 6.12. The summed E-state index contributed by atoms with van der Waals surface area (Å²) < 4.78 is 30.6. The average molecular weight is 352 g/mol.